The van der Waals surface area contributed by atoms with Crippen LogP contribution in [0, 0.1) is 39.9 Å². The van der Waals surface area contributed by atoms with E-state index in [0.29, 0.717) is 42.1 Å². The summed E-state index contributed by atoms with van der Waals surface area (Å²) >= 11 is 0. The Hall–Kier alpha value is -1.06. The van der Waals surface area contributed by atoms with Crippen molar-refractivity contribution in [1.29, 1.82) is 0 Å². The third-order valence-electron chi connectivity index (χ3n) is 12.7. The lowest BCUT2D eigenvalue weighted by molar-refractivity contribution is -0.181. The van der Waals surface area contributed by atoms with Gasteiger partial charge in [0.1, 0.15) is 0 Å². The van der Waals surface area contributed by atoms with Gasteiger partial charge in [-0.15, -0.1) is 0 Å². The first-order chi connectivity index (χ1) is 19.2. The molecular weight excluding hydrogens is 496 g/mol. The number of carbonyl (C=O) groups is 2. The van der Waals surface area contributed by atoms with Gasteiger partial charge in [-0.3, -0.25) is 9.59 Å². The van der Waals surface area contributed by atoms with Crippen LogP contribution in [-0.4, -0.2) is 23.7 Å². The molecule has 0 aromatic rings. The van der Waals surface area contributed by atoms with Crippen LogP contribution in [-0.2, 0) is 14.3 Å². The molecule has 40 heavy (non-hydrogen) atoms. The molecule has 0 aliphatic heterocycles. The molecule has 4 saturated carbocycles. The lowest BCUT2D eigenvalue weighted by Gasteiger charge is -2.63. The number of fused-ring (bicyclic) bond motifs is 3. The lowest BCUT2D eigenvalue weighted by atomic mass is 9.41. The first-order valence-electron chi connectivity index (χ1n) is 17.6. The molecular formula is C36H62O4. The zero-order valence-electron chi connectivity index (χ0n) is 26.5. The molecule has 0 heterocycles. The van der Waals surface area contributed by atoms with Gasteiger partial charge >= 0.3 is 11.9 Å². The quantitative estimate of drug-likeness (QED) is 0.142. The Kier molecular flexibility index (Phi) is 11.5. The van der Waals surface area contributed by atoms with Crippen LogP contribution in [0.15, 0.2) is 0 Å². The van der Waals surface area contributed by atoms with Gasteiger partial charge in [0.15, 0.2) is 0 Å². The van der Waals surface area contributed by atoms with Crippen molar-refractivity contribution in [3.05, 3.63) is 0 Å². The first-order valence-corrected chi connectivity index (χ1v) is 17.6. The van der Waals surface area contributed by atoms with Gasteiger partial charge in [0.2, 0.25) is 0 Å². The van der Waals surface area contributed by atoms with E-state index < -0.39 is 11.4 Å². The van der Waals surface area contributed by atoms with Gasteiger partial charge in [0.25, 0.3) is 0 Å². The largest absolute Gasteiger partial charge is 0.481 e. The zero-order valence-corrected chi connectivity index (χ0v) is 26.5. The highest BCUT2D eigenvalue weighted by Crippen LogP contribution is 2.72. The minimum Gasteiger partial charge on any atom is -0.481 e. The van der Waals surface area contributed by atoms with E-state index in [9.17, 15) is 14.7 Å². The molecule has 0 aromatic carbocycles. The molecule has 4 aliphatic rings. The maximum Gasteiger partial charge on any atom is 0.309 e. The SMILES string of the molecule is CCCCCCCCCCCCCCCC(=O)OC[C@@H]1C[C@@]23CC[C@H]4[C@@](C)(CCC[C@@]4(C)C(=O)O)[C@@H]2CC[C@@H]1C3. The van der Waals surface area contributed by atoms with E-state index in [2.05, 4.69) is 13.8 Å². The number of carboxylic acids is 1. The van der Waals surface area contributed by atoms with Gasteiger partial charge in [0, 0.05) is 6.42 Å². The summed E-state index contributed by atoms with van der Waals surface area (Å²) in [7, 11) is 0. The van der Waals surface area contributed by atoms with Crippen LogP contribution < -0.4 is 0 Å². The molecule has 4 nitrogen and oxygen atoms in total. The van der Waals surface area contributed by atoms with Crippen molar-refractivity contribution in [3.8, 4) is 0 Å². The van der Waals surface area contributed by atoms with Crippen LogP contribution >= 0.6 is 0 Å². The number of esters is 1. The molecule has 4 aliphatic carbocycles. The van der Waals surface area contributed by atoms with E-state index in [0.717, 1.165) is 32.1 Å². The number of rotatable bonds is 17. The smallest absolute Gasteiger partial charge is 0.309 e. The number of ether oxygens (including phenoxy) is 1. The first kappa shape index (κ1) is 31.9. The summed E-state index contributed by atoms with van der Waals surface area (Å²) in [6.45, 7) is 7.38. The Bertz CT molecular complexity index is 824. The highest BCUT2D eigenvalue weighted by molar-refractivity contribution is 5.75. The van der Waals surface area contributed by atoms with Crippen LogP contribution in [0.1, 0.15) is 168 Å². The molecule has 0 radical (unpaired) electrons. The van der Waals surface area contributed by atoms with E-state index in [4.69, 9.17) is 4.74 Å². The summed E-state index contributed by atoms with van der Waals surface area (Å²) in [5, 5.41) is 10.2. The minimum absolute atomic E-state index is 0.0127. The van der Waals surface area contributed by atoms with Crippen molar-refractivity contribution in [3.63, 3.8) is 0 Å². The average molecular weight is 559 g/mol. The monoisotopic (exact) mass is 558 g/mol. The van der Waals surface area contributed by atoms with Crippen molar-refractivity contribution in [1.82, 2.24) is 0 Å². The fourth-order valence-corrected chi connectivity index (χ4v) is 10.6. The lowest BCUT2D eigenvalue weighted by Crippen LogP contribution is -2.58. The molecule has 7 atom stereocenters. The zero-order chi connectivity index (χ0) is 28.6. The topological polar surface area (TPSA) is 63.6 Å². The van der Waals surface area contributed by atoms with Crippen molar-refractivity contribution < 1.29 is 19.4 Å². The van der Waals surface area contributed by atoms with E-state index in [1.165, 1.54) is 109 Å². The maximum atomic E-state index is 12.6. The molecule has 0 unspecified atom stereocenters. The fourth-order valence-electron chi connectivity index (χ4n) is 10.6. The predicted molar refractivity (Wildman–Crippen MR) is 163 cm³/mol. The molecule has 230 valence electrons. The Labute approximate surface area is 246 Å². The van der Waals surface area contributed by atoms with Crippen LogP contribution in [0.2, 0.25) is 0 Å². The molecule has 4 heteroatoms. The van der Waals surface area contributed by atoms with Crippen LogP contribution in [0.5, 0.6) is 0 Å². The van der Waals surface area contributed by atoms with E-state index in [1.807, 2.05) is 6.92 Å². The number of hydrogen-bond acceptors (Lipinski definition) is 3. The van der Waals surface area contributed by atoms with Crippen LogP contribution in [0.4, 0.5) is 0 Å². The second-order valence-corrected chi connectivity index (χ2v) is 15.3. The second-order valence-electron chi connectivity index (χ2n) is 15.3. The van der Waals surface area contributed by atoms with Gasteiger partial charge < -0.3 is 9.84 Å². The van der Waals surface area contributed by atoms with Gasteiger partial charge in [-0.1, -0.05) is 97.3 Å². The number of unbranched alkanes of at least 4 members (excludes halogenated alkanes) is 12. The Balaban J connectivity index is 1.12. The highest BCUT2D eigenvalue weighted by atomic mass is 16.5. The van der Waals surface area contributed by atoms with Gasteiger partial charge in [-0.05, 0) is 99.2 Å². The standard InChI is InChI=1S/C36H62O4/c1-4-5-6-7-8-9-10-11-12-13-14-15-16-18-32(37)40-27-29-26-36-24-21-30-34(2,31(36)20-19-28(29)25-36)22-17-23-35(30,3)33(38)39/h28-31H,4-27H2,1-3H3,(H,38,39)/t28-,29+,30+,31+,34-,35-,36+/m1/s1. The van der Waals surface area contributed by atoms with Crippen molar-refractivity contribution in [2.75, 3.05) is 6.61 Å². The highest BCUT2D eigenvalue weighted by Gasteiger charge is 2.65. The Morgan fingerprint density at radius 1 is 0.750 bits per heavy atom. The molecule has 0 saturated heterocycles. The summed E-state index contributed by atoms with van der Waals surface area (Å²) < 4.78 is 5.90. The summed E-state index contributed by atoms with van der Waals surface area (Å²) in [5.74, 6) is 1.58. The number of aliphatic carboxylic acids is 1. The van der Waals surface area contributed by atoms with E-state index >= 15 is 0 Å². The number of carboxylic acid groups (broad SMARTS) is 1. The van der Waals surface area contributed by atoms with E-state index in [1.54, 1.807) is 0 Å². The molecule has 0 amide bonds. The number of hydrogen-bond donors (Lipinski definition) is 1. The van der Waals surface area contributed by atoms with E-state index in [-0.39, 0.29) is 11.4 Å². The molecule has 4 rings (SSSR count). The molecule has 0 aromatic heterocycles. The molecule has 1 spiro atoms. The Morgan fingerprint density at radius 2 is 1.38 bits per heavy atom. The molecule has 2 bridgehead atoms. The summed E-state index contributed by atoms with van der Waals surface area (Å²) in [4.78, 5) is 24.9. The van der Waals surface area contributed by atoms with Gasteiger partial charge in [0.05, 0.1) is 12.0 Å². The second kappa shape index (κ2) is 14.4. The fraction of sp³-hybridized carbons (Fsp3) is 0.944. The predicted octanol–water partition coefficient (Wildman–Crippen LogP) is 10.1. The third-order valence-corrected chi connectivity index (χ3v) is 12.7. The van der Waals surface area contributed by atoms with Gasteiger partial charge in [-0.2, -0.15) is 0 Å². The van der Waals surface area contributed by atoms with Crippen molar-refractivity contribution in [2.45, 2.75) is 168 Å². The third kappa shape index (κ3) is 7.11. The Morgan fingerprint density at radius 3 is 2.00 bits per heavy atom. The molecule has 4 fully saturated rings. The van der Waals surface area contributed by atoms with Crippen molar-refractivity contribution in [2.24, 2.45) is 39.9 Å². The summed E-state index contributed by atoms with van der Waals surface area (Å²) in [5.41, 5.74) is -0.0575. The number of carbonyl (C=O) groups excluding carboxylic acids is 1. The summed E-state index contributed by atoms with van der Waals surface area (Å²) in [6, 6.07) is 0. The average Bonchev–Trinajstić information content (AvgIpc) is 3.18. The van der Waals surface area contributed by atoms with Crippen LogP contribution in [0.3, 0.4) is 0 Å². The maximum absolute atomic E-state index is 12.6. The van der Waals surface area contributed by atoms with Gasteiger partial charge in [-0.25, -0.2) is 0 Å². The van der Waals surface area contributed by atoms with Crippen LogP contribution in [0.25, 0.3) is 0 Å². The van der Waals surface area contributed by atoms with Crippen molar-refractivity contribution >= 4 is 11.9 Å². The normalized spacial score (nSPS) is 36.6. The minimum atomic E-state index is -0.576. The summed E-state index contributed by atoms with van der Waals surface area (Å²) in [6.07, 6.45) is 28.0. The molecule has 1 N–H and O–H groups in total.